The minimum atomic E-state index is -4.89. The summed E-state index contributed by atoms with van der Waals surface area (Å²) in [5.74, 6) is 0.369. The highest BCUT2D eigenvalue weighted by Gasteiger charge is 2.31. The maximum atomic E-state index is 12.8. The third-order valence-corrected chi connectivity index (χ3v) is 5.89. The van der Waals surface area contributed by atoms with E-state index in [1.165, 1.54) is 6.26 Å². The van der Waals surface area contributed by atoms with E-state index in [4.69, 9.17) is 14.7 Å². The zero-order chi connectivity index (χ0) is 22.9. The van der Waals surface area contributed by atoms with Gasteiger partial charge in [0.2, 0.25) is 9.84 Å². The van der Waals surface area contributed by atoms with E-state index in [0.29, 0.717) is 11.6 Å². The van der Waals surface area contributed by atoms with Crippen LogP contribution in [0.3, 0.4) is 0 Å². The number of sulfone groups is 1. The normalized spacial score (nSPS) is 12.1. The Morgan fingerprint density at radius 1 is 1.09 bits per heavy atom. The molecule has 0 amide bonds. The summed E-state index contributed by atoms with van der Waals surface area (Å²) in [6.07, 6.45) is -2.07. The van der Waals surface area contributed by atoms with Crippen LogP contribution in [0.4, 0.5) is 18.9 Å². The summed E-state index contributed by atoms with van der Waals surface area (Å²) in [5, 5.41) is 3.81. The fraction of sp³-hybridized carbons (Fsp3) is 0.105. The minimum absolute atomic E-state index is 0.0124. The molecule has 0 atom stereocenters. The van der Waals surface area contributed by atoms with E-state index in [-0.39, 0.29) is 33.5 Å². The number of alkyl halides is 3. The van der Waals surface area contributed by atoms with Gasteiger partial charge < -0.3 is 19.4 Å². The van der Waals surface area contributed by atoms with Gasteiger partial charge in [-0.25, -0.2) is 13.4 Å². The lowest BCUT2D eigenvalue weighted by Crippen LogP contribution is -2.17. The molecule has 0 aliphatic rings. The van der Waals surface area contributed by atoms with Crippen LogP contribution in [0.5, 0.6) is 5.75 Å². The van der Waals surface area contributed by atoms with Gasteiger partial charge in [0.05, 0.1) is 28.2 Å². The topological polar surface area (TPSA) is 134 Å². The molecule has 166 valence electrons. The third-order valence-electron chi connectivity index (χ3n) is 4.15. The molecule has 2 N–H and O–H groups in total. The Labute approximate surface area is 178 Å². The molecular weight excluding hydrogens is 453 g/mol. The molecule has 0 unspecified atom stereocenters. The molecule has 0 saturated carbocycles. The van der Waals surface area contributed by atoms with Crippen molar-refractivity contribution in [2.45, 2.75) is 22.6 Å². The van der Waals surface area contributed by atoms with Crippen molar-refractivity contribution in [1.82, 2.24) is 15.1 Å². The molecule has 3 aromatic heterocycles. The lowest BCUT2D eigenvalue weighted by molar-refractivity contribution is -0.274. The zero-order valence-electron chi connectivity index (χ0n) is 15.9. The summed E-state index contributed by atoms with van der Waals surface area (Å²) in [5.41, 5.74) is 5.98. The van der Waals surface area contributed by atoms with Crippen LogP contribution in [-0.2, 0) is 16.3 Å². The first-order valence-corrected chi connectivity index (χ1v) is 10.3. The van der Waals surface area contributed by atoms with Crippen molar-refractivity contribution in [3.63, 3.8) is 0 Å². The Morgan fingerprint density at radius 3 is 2.47 bits per heavy atom. The predicted octanol–water partition coefficient (Wildman–Crippen LogP) is 3.63. The van der Waals surface area contributed by atoms with Crippen LogP contribution in [-0.4, -0.2) is 29.9 Å². The molecule has 9 nitrogen and oxygen atoms in total. The van der Waals surface area contributed by atoms with Crippen molar-refractivity contribution in [2.75, 3.05) is 5.73 Å². The number of furan rings is 1. The van der Waals surface area contributed by atoms with Crippen molar-refractivity contribution in [3.8, 4) is 17.3 Å². The predicted molar refractivity (Wildman–Crippen MR) is 102 cm³/mol. The summed E-state index contributed by atoms with van der Waals surface area (Å²) < 4.78 is 76.5. The molecule has 0 radical (unpaired) electrons. The van der Waals surface area contributed by atoms with Crippen LogP contribution < -0.4 is 10.5 Å². The molecule has 32 heavy (non-hydrogen) atoms. The quantitative estimate of drug-likeness (QED) is 0.452. The van der Waals surface area contributed by atoms with E-state index in [1.54, 1.807) is 12.1 Å². The number of nitrogens with two attached hydrogens (primary N) is 1. The average Bonchev–Trinajstić information content (AvgIpc) is 3.40. The number of anilines is 1. The number of hydrogen-bond acceptors (Lipinski definition) is 9. The zero-order valence-corrected chi connectivity index (χ0v) is 16.7. The maximum absolute atomic E-state index is 12.8. The van der Waals surface area contributed by atoms with Crippen LogP contribution in [0.15, 0.2) is 73.7 Å². The second-order valence-corrected chi connectivity index (χ2v) is 8.35. The number of aromatic nitrogens is 3. The highest BCUT2D eigenvalue weighted by atomic mass is 32.2. The van der Waals surface area contributed by atoms with Gasteiger partial charge in [-0.05, 0) is 42.5 Å². The highest BCUT2D eigenvalue weighted by Crippen LogP contribution is 2.29. The van der Waals surface area contributed by atoms with Gasteiger partial charge >= 0.3 is 6.36 Å². The molecule has 13 heteroatoms. The Kier molecular flexibility index (Phi) is 5.34. The van der Waals surface area contributed by atoms with Crippen LogP contribution in [0, 0.1) is 0 Å². The first-order valence-electron chi connectivity index (χ1n) is 8.83. The fourth-order valence-electron chi connectivity index (χ4n) is 2.73. The molecule has 4 aromatic rings. The van der Waals surface area contributed by atoms with Crippen LogP contribution in [0.2, 0.25) is 0 Å². The molecule has 3 heterocycles. The van der Waals surface area contributed by atoms with Gasteiger partial charge in [-0.3, -0.25) is 0 Å². The largest absolute Gasteiger partial charge is 0.573 e. The molecule has 0 saturated heterocycles. The summed E-state index contributed by atoms with van der Waals surface area (Å²) in [6, 6.07) is 8.36. The molecule has 0 aliphatic heterocycles. The van der Waals surface area contributed by atoms with Crippen molar-refractivity contribution in [2.24, 2.45) is 0 Å². The first-order chi connectivity index (χ1) is 15.1. The molecular formula is C19H13F3N4O5S. The standard InChI is InChI=1S/C19H13F3N4O5S/c20-19(21,22)30-11-3-5-13(6-4-11)32(27,28)14-9-15(23)17(24-10-14)18-25-16(26-31-18)8-12-2-1-7-29-12/h1-7,9-10H,8,23H2. The summed E-state index contributed by atoms with van der Waals surface area (Å²) in [6.45, 7) is 0. The Balaban J connectivity index is 1.57. The van der Waals surface area contributed by atoms with Gasteiger partial charge in [-0.1, -0.05) is 5.16 Å². The van der Waals surface area contributed by atoms with Gasteiger partial charge in [0.1, 0.15) is 11.5 Å². The Morgan fingerprint density at radius 2 is 1.84 bits per heavy atom. The van der Waals surface area contributed by atoms with E-state index < -0.39 is 21.9 Å². The summed E-state index contributed by atoms with van der Waals surface area (Å²) >= 11 is 0. The van der Waals surface area contributed by atoms with Crippen molar-refractivity contribution >= 4 is 15.5 Å². The summed E-state index contributed by atoms with van der Waals surface area (Å²) in [4.78, 5) is 7.66. The van der Waals surface area contributed by atoms with E-state index in [9.17, 15) is 21.6 Å². The fourth-order valence-corrected chi connectivity index (χ4v) is 3.97. The highest BCUT2D eigenvalue weighted by molar-refractivity contribution is 7.91. The van der Waals surface area contributed by atoms with Crippen molar-refractivity contribution in [3.05, 3.63) is 66.5 Å². The molecule has 1 aromatic carbocycles. The van der Waals surface area contributed by atoms with Crippen LogP contribution >= 0.6 is 0 Å². The molecule has 0 fully saturated rings. The van der Waals surface area contributed by atoms with Crippen LogP contribution in [0.25, 0.3) is 11.6 Å². The van der Waals surface area contributed by atoms with Crippen molar-refractivity contribution in [1.29, 1.82) is 0 Å². The van der Waals surface area contributed by atoms with Gasteiger partial charge in [-0.2, -0.15) is 4.98 Å². The number of hydrogen-bond donors (Lipinski definition) is 1. The number of nitrogens with zero attached hydrogens (tertiary/aromatic N) is 3. The maximum Gasteiger partial charge on any atom is 0.573 e. The molecule has 0 aliphatic carbocycles. The molecule has 0 bridgehead atoms. The van der Waals surface area contributed by atoms with Gasteiger partial charge in [0.15, 0.2) is 11.5 Å². The first kappa shape index (κ1) is 21.4. The number of ether oxygens (including phenoxy) is 1. The van der Waals surface area contributed by atoms with E-state index in [0.717, 1.165) is 36.5 Å². The number of halogens is 3. The molecule has 0 spiro atoms. The van der Waals surface area contributed by atoms with Crippen LogP contribution in [0.1, 0.15) is 11.6 Å². The number of rotatable bonds is 6. The SMILES string of the molecule is Nc1cc(S(=O)(=O)c2ccc(OC(F)(F)F)cc2)cnc1-c1nc(Cc2ccco2)no1. The smallest absolute Gasteiger partial charge is 0.469 e. The Bertz CT molecular complexity index is 1330. The van der Waals surface area contributed by atoms with Gasteiger partial charge in [0, 0.05) is 6.20 Å². The monoisotopic (exact) mass is 466 g/mol. The number of benzene rings is 1. The van der Waals surface area contributed by atoms with Crippen molar-refractivity contribution < 1.29 is 35.3 Å². The third kappa shape index (κ3) is 4.56. The van der Waals surface area contributed by atoms with E-state index in [2.05, 4.69) is 19.9 Å². The van der Waals surface area contributed by atoms with Gasteiger partial charge in [0.25, 0.3) is 5.89 Å². The van der Waals surface area contributed by atoms with E-state index in [1.807, 2.05) is 0 Å². The van der Waals surface area contributed by atoms with Gasteiger partial charge in [-0.15, -0.1) is 13.2 Å². The minimum Gasteiger partial charge on any atom is -0.469 e. The second-order valence-electron chi connectivity index (χ2n) is 6.40. The second kappa shape index (κ2) is 8.00. The average molecular weight is 466 g/mol. The number of nitrogen functional groups attached to an aromatic ring is 1. The summed E-state index contributed by atoms with van der Waals surface area (Å²) in [7, 11) is -4.11. The molecule has 4 rings (SSSR count). The number of pyridine rings is 1. The lowest BCUT2D eigenvalue weighted by atomic mass is 10.3. The Hall–Kier alpha value is -3.87. The van der Waals surface area contributed by atoms with E-state index >= 15 is 0 Å². The lowest BCUT2D eigenvalue weighted by Gasteiger charge is -2.10.